The van der Waals surface area contributed by atoms with Gasteiger partial charge in [0.15, 0.2) is 0 Å². The summed E-state index contributed by atoms with van der Waals surface area (Å²) in [5.41, 5.74) is 9.93. The number of nitrogens with zero attached hydrogens (tertiary/aromatic N) is 2. The summed E-state index contributed by atoms with van der Waals surface area (Å²) in [7, 11) is 0. The molecule has 4 nitrogen and oxygen atoms in total. The van der Waals surface area contributed by atoms with E-state index in [0.29, 0.717) is 0 Å². The summed E-state index contributed by atoms with van der Waals surface area (Å²) in [5, 5.41) is 0. The molecular formula is C26H17BrN4. The minimum absolute atomic E-state index is 0.909. The number of aromatic amines is 2. The van der Waals surface area contributed by atoms with E-state index in [1.165, 1.54) is 0 Å². The Morgan fingerprint density at radius 2 is 1.13 bits per heavy atom. The number of halogens is 1. The van der Waals surface area contributed by atoms with Crippen molar-refractivity contribution >= 4 is 62.3 Å². The van der Waals surface area contributed by atoms with Crippen LogP contribution in [-0.4, -0.2) is 19.9 Å². The molecule has 0 radical (unpaired) electrons. The summed E-state index contributed by atoms with van der Waals surface area (Å²) in [5.74, 6) is 0. The second-order valence-electron chi connectivity index (χ2n) is 7.57. The zero-order chi connectivity index (χ0) is 20.8. The first-order valence-electron chi connectivity index (χ1n) is 10.0. The first-order chi connectivity index (χ1) is 15.2. The van der Waals surface area contributed by atoms with E-state index in [2.05, 4.69) is 74.4 Å². The molecule has 0 fully saturated rings. The monoisotopic (exact) mass is 464 g/mol. The normalized spacial score (nSPS) is 12.4. The van der Waals surface area contributed by atoms with Crippen molar-refractivity contribution in [1.82, 2.24) is 19.9 Å². The summed E-state index contributed by atoms with van der Waals surface area (Å²) in [6, 6.07) is 22.8. The Kier molecular flexibility index (Phi) is 4.21. The fourth-order valence-corrected chi connectivity index (χ4v) is 4.42. The van der Waals surface area contributed by atoms with Gasteiger partial charge in [0, 0.05) is 32.1 Å². The Morgan fingerprint density at radius 3 is 1.77 bits per heavy atom. The average molecular weight is 465 g/mol. The van der Waals surface area contributed by atoms with Gasteiger partial charge in [-0.25, -0.2) is 9.97 Å². The Hall–Kier alpha value is -3.70. The number of H-pyrrole nitrogens is 2. The van der Waals surface area contributed by atoms with Crippen LogP contribution in [0, 0.1) is 0 Å². The molecule has 31 heavy (non-hydrogen) atoms. The standard InChI is InChI=1S/C26H17BrN4/c27-25-4-2-1-3-23(25)24-14-22-13-20-8-7-18(29-20)11-16-5-6-17(28-16)12-19-9-10-21(30-19)15-26(24)31-22/h1-15,28,31H. The number of fused-ring (bicyclic) bond motifs is 8. The Bertz CT molecular complexity index is 1550. The molecule has 0 unspecified atom stereocenters. The van der Waals surface area contributed by atoms with E-state index in [1.54, 1.807) is 0 Å². The fraction of sp³-hybridized carbons (Fsp3) is 0. The Morgan fingerprint density at radius 1 is 0.548 bits per heavy atom. The van der Waals surface area contributed by atoms with Crippen LogP contribution in [-0.2, 0) is 0 Å². The van der Waals surface area contributed by atoms with Gasteiger partial charge in [0.25, 0.3) is 0 Å². The van der Waals surface area contributed by atoms with Crippen molar-refractivity contribution < 1.29 is 0 Å². The van der Waals surface area contributed by atoms with Crippen molar-refractivity contribution in [3.05, 3.63) is 94.0 Å². The first kappa shape index (κ1) is 18.1. The number of hydrogen-bond acceptors (Lipinski definition) is 2. The molecule has 2 N–H and O–H groups in total. The lowest BCUT2D eigenvalue weighted by molar-refractivity contribution is 1.31. The third kappa shape index (κ3) is 3.53. The van der Waals surface area contributed by atoms with E-state index in [-0.39, 0.29) is 0 Å². The Balaban J connectivity index is 1.69. The van der Waals surface area contributed by atoms with Crippen LogP contribution in [0.25, 0.3) is 57.5 Å². The van der Waals surface area contributed by atoms with Gasteiger partial charge in [-0.15, -0.1) is 0 Å². The number of benzene rings is 1. The zero-order valence-electron chi connectivity index (χ0n) is 16.4. The number of rotatable bonds is 1. The molecule has 0 saturated heterocycles. The van der Waals surface area contributed by atoms with Gasteiger partial charge < -0.3 is 9.97 Å². The Labute approximate surface area is 187 Å². The van der Waals surface area contributed by atoms with Crippen LogP contribution in [0.4, 0.5) is 0 Å². The van der Waals surface area contributed by atoms with Gasteiger partial charge in [-0.05, 0) is 78.4 Å². The molecule has 0 aliphatic carbocycles. The van der Waals surface area contributed by atoms with Crippen LogP contribution < -0.4 is 0 Å². The number of hydrogen-bond donors (Lipinski definition) is 2. The molecular weight excluding hydrogens is 448 g/mol. The van der Waals surface area contributed by atoms with E-state index in [0.717, 1.165) is 60.4 Å². The molecule has 0 amide bonds. The van der Waals surface area contributed by atoms with Crippen LogP contribution in [0.2, 0.25) is 0 Å². The van der Waals surface area contributed by atoms with E-state index in [1.807, 2.05) is 42.5 Å². The minimum atomic E-state index is 0.909. The summed E-state index contributed by atoms with van der Waals surface area (Å²) < 4.78 is 1.05. The summed E-state index contributed by atoms with van der Waals surface area (Å²) in [6.45, 7) is 0. The second kappa shape index (κ2) is 7.22. The van der Waals surface area contributed by atoms with Gasteiger partial charge in [-0.3, -0.25) is 0 Å². The van der Waals surface area contributed by atoms with Crippen LogP contribution >= 0.6 is 15.9 Å². The lowest BCUT2D eigenvalue weighted by Crippen LogP contribution is -1.78. The molecule has 0 saturated carbocycles. The van der Waals surface area contributed by atoms with E-state index in [4.69, 9.17) is 9.97 Å². The molecule has 1 aromatic carbocycles. The van der Waals surface area contributed by atoms with Gasteiger partial charge >= 0.3 is 0 Å². The van der Waals surface area contributed by atoms with Gasteiger partial charge in [-0.1, -0.05) is 34.1 Å². The van der Waals surface area contributed by atoms with Gasteiger partial charge in [0.2, 0.25) is 0 Å². The average Bonchev–Trinajstić information content (AvgIpc) is 3.53. The molecule has 0 atom stereocenters. The number of nitrogens with one attached hydrogen (secondary N) is 2. The highest BCUT2D eigenvalue weighted by molar-refractivity contribution is 9.10. The maximum absolute atomic E-state index is 4.78. The molecule has 0 spiro atoms. The molecule has 5 heterocycles. The molecule has 6 rings (SSSR count). The third-order valence-electron chi connectivity index (χ3n) is 5.33. The lowest BCUT2D eigenvalue weighted by atomic mass is 10.1. The molecule has 2 aliphatic heterocycles. The largest absolute Gasteiger partial charge is 0.355 e. The number of aromatic nitrogens is 4. The van der Waals surface area contributed by atoms with Crippen LogP contribution in [0.3, 0.4) is 0 Å². The summed E-state index contributed by atoms with van der Waals surface area (Å²) in [4.78, 5) is 16.5. The highest BCUT2D eigenvalue weighted by Crippen LogP contribution is 2.32. The third-order valence-corrected chi connectivity index (χ3v) is 6.02. The van der Waals surface area contributed by atoms with Crippen molar-refractivity contribution in [2.45, 2.75) is 0 Å². The molecule has 8 bridgehead atoms. The molecule has 2 aliphatic rings. The molecule has 3 aromatic heterocycles. The minimum Gasteiger partial charge on any atom is -0.355 e. The fourth-order valence-electron chi connectivity index (χ4n) is 3.92. The summed E-state index contributed by atoms with van der Waals surface area (Å²) in [6.07, 6.45) is 8.14. The lowest BCUT2D eigenvalue weighted by Gasteiger charge is -2.01. The van der Waals surface area contributed by atoms with E-state index < -0.39 is 0 Å². The summed E-state index contributed by atoms with van der Waals surface area (Å²) >= 11 is 3.70. The van der Waals surface area contributed by atoms with Crippen LogP contribution in [0.15, 0.2) is 71.2 Å². The molecule has 5 heteroatoms. The molecule has 4 aromatic rings. The maximum atomic E-state index is 4.78. The van der Waals surface area contributed by atoms with E-state index in [9.17, 15) is 0 Å². The first-order valence-corrected chi connectivity index (χ1v) is 10.8. The van der Waals surface area contributed by atoms with Gasteiger partial charge in [0.1, 0.15) is 0 Å². The van der Waals surface area contributed by atoms with Gasteiger partial charge in [-0.2, -0.15) is 0 Å². The van der Waals surface area contributed by atoms with Crippen LogP contribution in [0.1, 0.15) is 22.8 Å². The van der Waals surface area contributed by atoms with Crippen molar-refractivity contribution in [2.24, 2.45) is 0 Å². The SMILES string of the molecule is Brc1ccccc1-c1cc2cc3nc(cc4ccc(cc5nc(cc1[nH]2)C=C5)[nH]4)C=C3. The van der Waals surface area contributed by atoms with Crippen molar-refractivity contribution in [1.29, 1.82) is 0 Å². The zero-order valence-corrected chi connectivity index (χ0v) is 18.0. The predicted molar refractivity (Wildman–Crippen MR) is 132 cm³/mol. The second-order valence-corrected chi connectivity index (χ2v) is 8.42. The highest BCUT2D eigenvalue weighted by Gasteiger charge is 2.09. The quantitative estimate of drug-likeness (QED) is 0.273. The van der Waals surface area contributed by atoms with Crippen molar-refractivity contribution in [2.75, 3.05) is 0 Å². The topological polar surface area (TPSA) is 57.4 Å². The predicted octanol–water partition coefficient (Wildman–Crippen LogP) is 7.09. The maximum Gasteiger partial charge on any atom is 0.0658 e. The van der Waals surface area contributed by atoms with Crippen LogP contribution in [0.5, 0.6) is 0 Å². The van der Waals surface area contributed by atoms with E-state index >= 15 is 0 Å². The van der Waals surface area contributed by atoms with Crippen molar-refractivity contribution in [3.8, 4) is 11.1 Å². The highest BCUT2D eigenvalue weighted by atomic mass is 79.9. The smallest absolute Gasteiger partial charge is 0.0658 e. The van der Waals surface area contributed by atoms with Gasteiger partial charge in [0.05, 0.1) is 22.8 Å². The van der Waals surface area contributed by atoms with Crippen molar-refractivity contribution in [3.63, 3.8) is 0 Å². The molecule has 148 valence electrons.